The van der Waals surface area contributed by atoms with Gasteiger partial charge < -0.3 is 15.5 Å². The number of hydrogen-bond donors (Lipinski definition) is 2. The second kappa shape index (κ2) is 9.89. The lowest BCUT2D eigenvalue weighted by atomic mass is 10.0. The normalized spacial score (nSPS) is 22.7. The Morgan fingerprint density at radius 1 is 1.00 bits per heavy atom. The molecular weight excluding hydrogens is 394 g/mol. The maximum absolute atomic E-state index is 13.0. The standard InChI is InChI=1S/C23H33N5O3/c24-8-2-1-3-9-26-10-12-27(13-11-26)15-17-4-5-18-16-28(23(31)19(18)14-17)20-6-7-21(29)25-22(20)30/h4-5,14,20H,1-3,6-13,15-16,24H2,(H,25,29,30). The summed E-state index contributed by atoms with van der Waals surface area (Å²) in [4.78, 5) is 43.2. The Balaban J connectivity index is 1.30. The first-order valence-electron chi connectivity index (χ1n) is 11.5. The van der Waals surface area contributed by atoms with Crippen molar-refractivity contribution in [1.82, 2.24) is 20.0 Å². The molecule has 0 saturated carbocycles. The summed E-state index contributed by atoms with van der Waals surface area (Å²) in [7, 11) is 0. The minimum absolute atomic E-state index is 0.103. The fourth-order valence-corrected chi connectivity index (χ4v) is 4.79. The fourth-order valence-electron chi connectivity index (χ4n) is 4.79. The molecule has 1 atom stereocenters. The third kappa shape index (κ3) is 5.14. The summed E-state index contributed by atoms with van der Waals surface area (Å²) in [5, 5.41) is 2.35. The number of nitrogens with zero attached hydrogens (tertiary/aromatic N) is 3. The van der Waals surface area contributed by atoms with E-state index >= 15 is 0 Å². The zero-order valence-electron chi connectivity index (χ0n) is 18.1. The molecule has 0 aromatic heterocycles. The molecular formula is C23H33N5O3. The van der Waals surface area contributed by atoms with Crippen molar-refractivity contribution < 1.29 is 14.4 Å². The van der Waals surface area contributed by atoms with Gasteiger partial charge in [0.15, 0.2) is 0 Å². The van der Waals surface area contributed by atoms with Crippen LogP contribution in [0.15, 0.2) is 18.2 Å². The van der Waals surface area contributed by atoms with Gasteiger partial charge in [-0.2, -0.15) is 0 Å². The van der Waals surface area contributed by atoms with Gasteiger partial charge in [-0.15, -0.1) is 0 Å². The summed E-state index contributed by atoms with van der Waals surface area (Å²) in [5.74, 6) is -0.726. The number of hydrogen-bond acceptors (Lipinski definition) is 6. The van der Waals surface area contributed by atoms with Crippen LogP contribution in [0.5, 0.6) is 0 Å². The minimum atomic E-state index is -0.557. The molecule has 168 valence electrons. The molecule has 3 aliphatic heterocycles. The van der Waals surface area contributed by atoms with Gasteiger partial charge in [-0.25, -0.2) is 0 Å². The van der Waals surface area contributed by atoms with Crippen molar-refractivity contribution in [3.8, 4) is 0 Å². The summed E-state index contributed by atoms with van der Waals surface area (Å²) in [6.45, 7) is 7.42. The molecule has 8 heteroatoms. The average molecular weight is 428 g/mol. The fraction of sp³-hybridized carbons (Fsp3) is 0.609. The Bertz CT molecular complexity index is 835. The molecule has 1 aromatic rings. The third-order valence-corrected chi connectivity index (χ3v) is 6.64. The van der Waals surface area contributed by atoms with Gasteiger partial charge in [0.05, 0.1) is 0 Å². The molecule has 3 N–H and O–H groups in total. The number of nitrogens with two attached hydrogens (primary N) is 1. The number of imide groups is 1. The van der Waals surface area contributed by atoms with Crippen LogP contribution in [-0.4, -0.2) is 77.7 Å². The number of carbonyl (C=O) groups excluding carboxylic acids is 3. The van der Waals surface area contributed by atoms with Gasteiger partial charge in [-0.3, -0.25) is 24.6 Å². The van der Waals surface area contributed by atoms with Crippen LogP contribution in [0.25, 0.3) is 0 Å². The molecule has 2 saturated heterocycles. The number of carbonyl (C=O) groups is 3. The van der Waals surface area contributed by atoms with Crippen LogP contribution in [-0.2, 0) is 22.7 Å². The lowest BCUT2D eigenvalue weighted by Crippen LogP contribution is -2.52. The second-order valence-electron chi connectivity index (χ2n) is 8.86. The van der Waals surface area contributed by atoms with E-state index in [2.05, 4.69) is 21.2 Å². The van der Waals surface area contributed by atoms with Gasteiger partial charge in [0, 0.05) is 51.3 Å². The lowest BCUT2D eigenvalue weighted by Gasteiger charge is -2.34. The molecule has 0 spiro atoms. The molecule has 4 rings (SSSR count). The van der Waals surface area contributed by atoms with Crippen LogP contribution in [0, 0.1) is 0 Å². The van der Waals surface area contributed by atoms with E-state index in [1.54, 1.807) is 4.90 Å². The lowest BCUT2D eigenvalue weighted by molar-refractivity contribution is -0.136. The molecule has 3 aliphatic rings. The summed E-state index contributed by atoms with van der Waals surface area (Å²) >= 11 is 0. The zero-order valence-corrected chi connectivity index (χ0v) is 18.1. The van der Waals surface area contributed by atoms with E-state index in [1.165, 1.54) is 12.8 Å². The predicted octanol–water partition coefficient (Wildman–Crippen LogP) is 0.694. The number of rotatable bonds is 8. The van der Waals surface area contributed by atoms with Crippen molar-refractivity contribution in [2.24, 2.45) is 5.73 Å². The minimum Gasteiger partial charge on any atom is -0.330 e. The topological polar surface area (TPSA) is 99.0 Å². The molecule has 2 fully saturated rings. The van der Waals surface area contributed by atoms with Gasteiger partial charge >= 0.3 is 0 Å². The van der Waals surface area contributed by atoms with Crippen LogP contribution in [0.1, 0.15) is 53.6 Å². The number of nitrogens with one attached hydrogen (secondary N) is 1. The van der Waals surface area contributed by atoms with Crippen LogP contribution in [0.2, 0.25) is 0 Å². The Labute approximate surface area is 183 Å². The van der Waals surface area contributed by atoms with Crippen molar-refractivity contribution >= 4 is 17.7 Å². The van der Waals surface area contributed by atoms with Gasteiger partial charge in [0.25, 0.3) is 5.91 Å². The van der Waals surface area contributed by atoms with Crippen LogP contribution < -0.4 is 11.1 Å². The SMILES string of the molecule is NCCCCCN1CCN(Cc2ccc3c(c2)C(=O)N(C2CCC(=O)NC2=O)C3)CC1. The highest BCUT2D eigenvalue weighted by Gasteiger charge is 2.39. The number of piperidine rings is 1. The van der Waals surface area contributed by atoms with E-state index in [1.807, 2.05) is 12.1 Å². The van der Waals surface area contributed by atoms with E-state index in [0.717, 1.165) is 63.4 Å². The molecule has 0 bridgehead atoms. The molecule has 0 aliphatic carbocycles. The molecule has 1 aromatic carbocycles. The molecule has 8 nitrogen and oxygen atoms in total. The molecule has 0 radical (unpaired) electrons. The summed E-state index contributed by atoms with van der Waals surface area (Å²) in [5.41, 5.74) is 8.35. The van der Waals surface area contributed by atoms with Crippen molar-refractivity contribution in [2.75, 3.05) is 39.3 Å². The third-order valence-electron chi connectivity index (χ3n) is 6.64. The summed E-state index contributed by atoms with van der Waals surface area (Å²) < 4.78 is 0. The highest BCUT2D eigenvalue weighted by molar-refractivity contribution is 6.05. The number of amides is 3. The van der Waals surface area contributed by atoms with Gasteiger partial charge in [0.1, 0.15) is 6.04 Å². The maximum Gasteiger partial charge on any atom is 0.255 e. The largest absolute Gasteiger partial charge is 0.330 e. The Morgan fingerprint density at radius 3 is 2.52 bits per heavy atom. The zero-order chi connectivity index (χ0) is 21.8. The molecule has 31 heavy (non-hydrogen) atoms. The molecule has 1 unspecified atom stereocenters. The van der Waals surface area contributed by atoms with Crippen molar-refractivity contribution in [3.63, 3.8) is 0 Å². The van der Waals surface area contributed by atoms with Crippen molar-refractivity contribution in [1.29, 1.82) is 0 Å². The summed E-state index contributed by atoms with van der Waals surface area (Å²) in [6.07, 6.45) is 4.20. The van der Waals surface area contributed by atoms with Crippen molar-refractivity contribution in [3.05, 3.63) is 34.9 Å². The van der Waals surface area contributed by atoms with Crippen molar-refractivity contribution in [2.45, 2.75) is 51.2 Å². The first-order valence-corrected chi connectivity index (χ1v) is 11.5. The molecule has 3 amide bonds. The van der Waals surface area contributed by atoms with E-state index in [-0.39, 0.29) is 24.1 Å². The number of piperazine rings is 1. The predicted molar refractivity (Wildman–Crippen MR) is 117 cm³/mol. The summed E-state index contributed by atoms with van der Waals surface area (Å²) in [6, 6.07) is 5.54. The van der Waals surface area contributed by atoms with Gasteiger partial charge in [0.2, 0.25) is 11.8 Å². The first-order chi connectivity index (χ1) is 15.0. The monoisotopic (exact) mass is 427 g/mol. The quantitative estimate of drug-likeness (QED) is 0.468. The van der Waals surface area contributed by atoms with Gasteiger partial charge in [-0.05, 0) is 49.5 Å². The van der Waals surface area contributed by atoms with E-state index in [4.69, 9.17) is 5.73 Å². The average Bonchev–Trinajstić information content (AvgIpc) is 3.08. The Morgan fingerprint density at radius 2 is 1.77 bits per heavy atom. The van der Waals surface area contributed by atoms with E-state index < -0.39 is 6.04 Å². The Kier molecular flexibility index (Phi) is 6.99. The maximum atomic E-state index is 13.0. The van der Waals surface area contributed by atoms with Crippen LogP contribution >= 0.6 is 0 Å². The highest BCUT2D eigenvalue weighted by Crippen LogP contribution is 2.28. The highest BCUT2D eigenvalue weighted by atomic mass is 16.2. The number of fused-ring (bicyclic) bond motifs is 1. The first kappa shape index (κ1) is 21.9. The molecule has 3 heterocycles. The second-order valence-corrected chi connectivity index (χ2v) is 8.86. The van der Waals surface area contributed by atoms with Gasteiger partial charge in [-0.1, -0.05) is 18.6 Å². The Hall–Kier alpha value is -2.29. The number of unbranched alkanes of at least 4 members (excludes halogenated alkanes) is 2. The van der Waals surface area contributed by atoms with Crippen LogP contribution in [0.3, 0.4) is 0 Å². The van der Waals surface area contributed by atoms with E-state index in [9.17, 15) is 14.4 Å². The van der Waals surface area contributed by atoms with Crippen LogP contribution in [0.4, 0.5) is 0 Å². The smallest absolute Gasteiger partial charge is 0.255 e. The van der Waals surface area contributed by atoms with E-state index in [0.29, 0.717) is 18.5 Å². The number of benzene rings is 1.